The van der Waals surface area contributed by atoms with Crippen LogP contribution in [0.15, 0.2) is 24.3 Å². The Morgan fingerprint density at radius 3 is 2.85 bits per heavy atom. The van der Waals surface area contributed by atoms with Crippen LogP contribution in [-0.4, -0.2) is 10.7 Å². The van der Waals surface area contributed by atoms with E-state index in [0.717, 1.165) is 5.75 Å². The van der Waals surface area contributed by atoms with E-state index >= 15 is 0 Å². The van der Waals surface area contributed by atoms with Crippen molar-refractivity contribution >= 4 is 23.3 Å². The minimum atomic E-state index is -0.390. The molecule has 70 valence electrons. The summed E-state index contributed by atoms with van der Waals surface area (Å²) in [4.78, 5) is 10.2. The molecule has 0 aliphatic heterocycles. The summed E-state index contributed by atoms with van der Waals surface area (Å²) in [5, 5.41) is 10.5. The third kappa shape index (κ3) is 2.62. The number of hydrogen-bond donors (Lipinski definition) is 1. The average Bonchev–Trinajstić information content (AvgIpc) is 2.15. The average molecular weight is 198 g/mol. The van der Waals surface area contributed by atoms with Crippen LogP contribution in [0.2, 0.25) is 0 Å². The van der Waals surface area contributed by atoms with Crippen molar-refractivity contribution in [1.82, 2.24) is 0 Å². The second-order valence-electron chi connectivity index (χ2n) is 2.31. The molecule has 4 nitrogen and oxygen atoms in total. The number of nitrogens with zero attached hydrogens (tertiary/aromatic N) is 1. The lowest BCUT2D eigenvalue weighted by atomic mass is 10.3. The molecule has 13 heavy (non-hydrogen) atoms. The summed E-state index contributed by atoms with van der Waals surface area (Å²) in [5.41, 5.74) is 0.669. The zero-order valence-corrected chi connectivity index (χ0v) is 8.00. The molecule has 0 aromatic heterocycles. The number of nitro benzene ring substituents is 1. The minimum absolute atomic E-state index is 0.114. The fourth-order valence-electron chi connectivity index (χ4n) is 0.869. The standard InChI is InChI=1S/C8H10N2O2S/c1-2-13-9-7-5-3-4-6-8(7)10(11)12/h3-6,9H,2H2,1H3. The Morgan fingerprint density at radius 2 is 2.23 bits per heavy atom. The third-order valence-electron chi connectivity index (χ3n) is 1.43. The Labute approximate surface area is 80.6 Å². The van der Waals surface area contributed by atoms with E-state index in [1.54, 1.807) is 18.2 Å². The number of nitrogens with one attached hydrogen (secondary N) is 1. The van der Waals surface area contributed by atoms with Gasteiger partial charge in [-0.05, 0) is 6.07 Å². The number of rotatable bonds is 4. The molecule has 0 saturated heterocycles. The molecule has 5 heteroatoms. The van der Waals surface area contributed by atoms with Gasteiger partial charge in [0.15, 0.2) is 0 Å². The zero-order chi connectivity index (χ0) is 9.68. The van der Waals surface area contributed by atoms with E-state index in [1.807, 2.05) is 6.92 Å². The van der Waals surface area contributed by atoms with Crippen LogP contribution in [0.1, 0.15) is 6.92 Å². The molecule has 0 atom stereocenters. The van der Waals surface area contributed by atoms with E-state index in [9.17, 15) is 10.1 Å². The van der Waals surface area contributed by atoms with Gasteiger partial charge in [0, 0.05) is 11.8 Å². The molecule has 0 aliphatic carbocycles. The van der Waals surface area contributed by atoms with Gasteiger partial charge in [-0.3, -0.25) is 10.1 Å². The molecule has 0 amide bonds. The first-order valence-electron chi connectivity index (χ1n) is 3.87. The van der Waals surface area contributed by atoms with Crippen LogP contribution in [0.25, 0.3) is 0 Å². The lowest BCUT2D eigenvalue weighted by molar-refractivity contribution is -0.383. The number of benzene rings is 1. The molecule has 1 aromatic carbocycles. The van der Waals surface area contributed by atoms with Crippen molar-refractivity contribution in [2.75, 3.05) is 10.5 Å². The quantitative estimate of drug-likeness (QED) is 0.459. The molecule has 0 aliphatic rings. The van der Waals surface area contributed by atoms with Crippen LogP contribution in [0, 0.1) is 10.1 Å². The Morgan fingerprint density at radius 1 is 1.54 bits per heavy atom. The van der Waals surface area contributed by atoms with Gasteiger partial charge in [0.2, 0.25) is 0 Å². The first-order chi connectivity index (χ1) is 6.25. The van der Waals surface area contributed by atoms with Crippen molar-refractivity contribution in [3.63, 3.8) is 0 Å². The van der Waals surface area contributed by atoms with E-state index in [-0.39, 0.29) is 5.69 Å². The third-order valence-corrected chi connectivity index (χ3v) is 2.08. The monoisotopic (exact) mass is 198 g/mol. The van der Waals surface area contributed by atoms with E-state index in [4.69, 9.17) is 0 Å². The van der Waals surface area contributed by atoms with Gasteiger partial charge in [0.05, 0.1) is 4.92 Å². The van der Waals surface area contributed by atoms with Gasteiger partial charge in [0.1, 0.15) is 5.69 Å². The molecular weight excluding hydrogens is 188 g/mol. The molecule has 0 saturated carbocycles. The Hall–Kier alpha value is -1.23. The van der Waals surface area contributed by atoms with Gasteiger partial charge in [-0.2, -0.15) is 0 Å². The van der Waals surface area contributed by atoms with E-state index < -0.39 is 4.92 Å². The van der Waals surface area contributed by atoms with E-state index in [2.05, 4.69) is 4.72 Å². The molecule has 0 fully saturated rings. The van der Waals surface area contributed by atoms with Crippen LogP contribution < -0.4 is 4.72 Å². The van der Waals surface area contributed by atoms with Gasteiger partial charge in [-0.15, -0.1) is 0 Å². The van der Waals surface area contributed by atoms with Crippen molar-refractivity contribution in [2.45, 2.75) is 6.92 Å². The predicted molar refractivity (Wildman–Crippen MR) is 54.9 cm³/mol. The molecule has 1 rings (SSSR count). The predicted octanol–water partition coefficient (Wildman–Crippen LogP) is 2.67. The second kappa shape index (κ2) is 4.71. The van der Waals surface area contributed by atoms with E-state index in [0.29, 0.717) is 5.69 Å². The first-order valence-corrected chi connectivity index (χ1v) is 4.85. The number of anilines is 1. The molecule has 0 unspecified atom stereocenters. The molecule has 0 radical (unpaired) electrons. The Kier molecular flexibility index (Phi) is 3.57. The second-order valence-corrected chi connectivity index (χ2v) is 3.38. The molecule has 1 aromatic rings. The molecule has 0 spiro atoms. The van der Waals surface area contributed by atoms with Gasteiger partial charge < -0.3 is 4.72 Å². The fraction of sp³-hybridized carbons (Fsp3) is 0.250. The highest BCUT2D eigenvalue weighted by Gasteiger charge is 2.10. The molecule has 1 N–H and O–H groups in total. The number of para-hydroxylation sites is 2. The minimum Gasteiger partial charge on any atom is -0.324 e. The van der Waals surface area contributed by atoms with Gasteiger partial charge in [0.25, 0.3) is 5.69 Å². The number of nitro groups is 1. The maximum atomic E-state index is 10.5. The van der Waals surface area contributed by atoms with Crippen molar-refractivity contribution in [3.05, 3.63) is 34.4 Å². The maximum Gasteiger partial charge on any atom is 0.293 e. The van der Waals surface area contributed by atoms with Crippen molar-refractivity contribution in [2.24, 2.45) is 0 Å². The van der Waals surface area contributed by atoms with Gasteiger partial charge in [-0.1, -0.05) is 31.0 Å². The molecule has 0 bridgehead atoms. The lowest BCUT2D eigenvalue weighted by Gasteiger charge is -2.03. The van der Waals surface area contributed by atoms with Crippen molar-refractivity contribution < 1.29 is 4.92 Å². The zero-order valence-electron chi connectivity index (χ0n) is 7.19. The Bertz CT molecular complexity index is 304. The smallest absolute Gasteiger partial charge is 0.293 e. The summed E-state index contributed by atoms with van der Waals surface area (Å²) in [5.74, 6) is 0.867. The van der Waals surface area contributed by atoms with Crippen LogP contribution in [0.4, 0.5) is 11.4 Å². The largest absolute Gasteiger partial charge is 0.324 e. The van der Waals surface area contributed by atoms with Gasteiger partial charge >= 0.3 is 0 Å². The summed E-state index contributed by atoms with van der Waals surface area (Å²) >= 11 is 1.44. The fourth-order valence-corrected chi connectivity index (χ4v) is 1.34. The summed E-state index contributed by atoms with van der Waals surface area (Å²) in [6.07, 6.45) is 0. The van der Waals surface area contributed by atoms with Crippen molar-refractivity contribution in [1.29, 1.82) is 0 Å². The van der Waals surface area contributed by atoms with Crippen LogP contribution >= 0.6 is 11.9 Å². The summed E-state index contributed by atoms with van der Waals surface area (Å²) in [6, 6.07) is 6.60. The molecule has 0 heterocycles. The van der Waals surface area contributed by atoms with Gasteiger partial charge in [-0.25, -0.2) is 0 Å². The topological polar surface area (TPSA) is 55.2 Å². The maximum absolute atomic E-state index is 10.5. The van der Waals surface area contributed by atoms with Crippen LogP contribution in [0.3, 0.4) is 0 Å². The number of hydrogen-bond acceptors (Lipinski definition) is 4. The summed E-state index contributed by atoms with van der Waals surface area (Å²) < 4.78 is 2.92. The van der Waals surface area contributed by atoms with Crippen LogP contribution in [-0.2, 0) is 0 Å². The lowest BCUT2D eigenvalue weighted by Crippen LogP contribution is -1.94. The summed E-state index contributed by atoms with van der Waals surface area (Å²) in [7, 11) is 0. The van der Waals surface area contributed by atoms with E-state index in [1.165, 1.54) is 18.0 Å². The van der Waals surface area contributed by atoms with Crippen molar-refractivity contribution in [3.8, 4) is 0 Å². The Balaban J connectivity index is 2.84. The molecular formula is C8H10N2O2S. The SMILES string of the molecule is CCSNc1ccccc1[N+](=O)[O-]. The highest BCUT2D eigenvalue weighted by molar-refractivity contribution is 8.00. The highest BCUT2D eigenvalue weighted by atomic mass is 32.2. The summed E-state index contributed by atoms with van der Waals surface area (Å²) in [6.45, 7) is 1.98. The first kappa shape index (κ1) is 9.85. The highest BCUT2D eigenvalue weighted by Crippen LogP contribution is 2.25. The normalized spacial score (nSPS) is 9.62. The van der Waals surface area contributed by atoms with Crippen LogP contribution in [0.5, 0.6) is 0 Å².